The van der Waals surface area contributed by atoms with E-state index in [1.165, 1.54) is 10.4 Å². The van der Waals surface area contributed by atoms with E-state index in [9.17, 15) is 0 Å². The van der Waals surface area contributed by atoms with E-state index in [2.05, 4.69) is 55.4 Å². The number of hydrogen-bond acceptors (Lipinski definition) is 3. The van der Waals surface area contributed by atoms with Gasteiger partial charge in [0.25, 0.3) is 0 Å². The van der Waals surface area contributed by atoms with Crippen LogP contribution in [0.4, 0.5) is 0 Å². The van der Waals surface area contributed by atoms with Gasteiger partial charge in [-0.25, -0.2) is 0 Å². The van der Waals surface area contributed by atoms with Crippen molar-refractivity contribution in [3.8, 4) is 11.4 Å². The summed E-state index contributed by atoms with van der Waals surface area (Å²) in [6, 6.07) is 8.22. The Balaban J connectivity index is 2.33. The summed E-state index contributed by atoms with van der Waals surface area (Å²) in [4.78, 5) is 1.22. The molecule has 0 aliphatic heterocycles. The van der Waals surface area contributed by atoms with E-state index in [0.29, 0.717) is 5.82 Å². The van der Waals surface area contributed by atoms with Crippen LogP contribution in [-0.4, -0.2) is 20.2 Å². The molecule has 1 aromatic heterocycles. The summed E-state index contributed by atoms with van der Waals surface area (Å²) < 4.78 is 0. The van der Waals surface area contributed by atoms with Gasteiger partial charge in [-0.15, -0.1) is 5.10 Å². The molecule has 84 valence electrons. The second-order valence-corrected chi connectivity index (χ2v) is 4.81. The molecule has 4 heteroatoms. The second kappa shape index (κ2) is 3.63. The summed E-state index contributed by atoms with van der Waals surface area (Å²) >= 11 is 0. The molecule has 1 heterocycles. The average molecular weight is 215 g/mol. The van der Waals surface area contributed by atoms with Gasteiger partial charge in [-0.3, -0.25) is 7.05 Å². The molecule has 0 spiro atoms. The number of benzene rings is 1. The van der Waals surface area contributed by atoms with Crippen molar-refractivity contribution < 1.29 is 0 Å². The zero-order chi connectivity index (χ0) is 11.8. The summed E-state index contributed by atoms with van der Waals surface area (Å²) in [5.41, 5.74) is 2.41. The van der Waals surface area contributed by atoms with Gasteiger partial charge < -0.3 is 4.80 Å². The molecule has 16 heavy (non-hydrogen) atoms. The average Bonchev–Trinajstić information content (AvgIpc) is 2.64. The van der Waals surface area contributed by atoms with E-state index < -0.39 is 0 Å². The van der Waals surface area contributed by atoms with Crippen molar-refractivity contribution in [2.75, 3.05) is 0 Å². The molecule has 0 aliphatic carbocycles. The molecule has 2 aromatic rings. The highest BCUT2D eigenvalue weighted by Gasteiger charge is 2.13. The summed E-state index contributed by atoms with van der Waals surface area (Å²) in [5.74, 6) is 0.607. The first-order chi connectivity index (χ1) is 7.47. The molecule has 0 bridgehead atoms. The van der Waals surface area contributed by atoms with Gasteiger partial charge >= 0.3 is 0 Å². The topological polar surface area (TPSA) is 43.6 Å². The van der Waals surface area contributed by atoms with Gasteiger partial charge in [-0.05, 0) is 11.0 Å². The highest BCUT2D eigenvalue weighted by atomic mass is 15.6. The zero-order valence-corrected chi connectivity index (χ0v) is 9.81. The molecule has 0 aliphatic rings. The number of aromatic nitrogens is 4. The van der Waals surface area contributed by atoms with E-state index in [-0.39, 0.29) is 5.41 Å². The largest absolute Gasteiger partial charge is 0.301 e. The predicted molar refractivity (Wildman–Crippen MR) is 62.7 cm³/mol. The third-order valence-electron chi connectivity index (χ3n) is 2.46. The van der Waals surface area contributed by atoms with E-state index in [0.717, 1.165) is 5.56 Å². The lowest BCUT2D eigenvalue weighted by Crippen LogP contribution is -2.10. The van der Waals surface area contributed by atoms with Crippen molar-refractivity contribution in [2.45, 2.75) is 26.2 Å². The SMILES string of the molecule is [CH2-]n1nnc(-c2ccc(C(C)(C)C)cc2)n1. The fraction of sp³-hybridized carbons (Fsp3) is 0.333. The molecular formula is C12H15N4-. The van der Waals surface area contributed by atoms with Crippen LogP contribution in [-0.2, 0) is 5.41 Å². The first-order valence-electron chi connectivity index (χ1n) is 5.18. The van der Waals surface area contributed by atoms with E-state index in [4.69, 9.17) is 0 Å². The van der Waals surface area contributed by atoms with Crippen molar-refractivity contribution in [1.82, 2.24) is 20.2 Å². The summed E-state index contributed by atoms with van der Waals surface area (Å²) in [6.07, 6.45) is 0. The number of rotatable bonds is 1. The molecule has 4 nitrogen and oxygen atoms in total. The van der Waals surface area contributed by atoms with E-state index in [1.54, 1.807) is 0 Å². The highest BCUT2D eigenvalue weighted by Crippen LogP contribution is 2.24. The van der Waals surface area contributed by atoms with Gasteiger partial charge in [-0.2, -0.15) is 5.10 Å². The van der Waals surface area contributed by atoms with Gasteiger partial charge in [0.05, 0.1) is 0 Å². The lowest BCUT2D eigenvalue weighted by atomic mass is 9.87. The minimum Gasteiger partial charge on any atom is -0.301 e. The predicted octanol–water partition coefficient (Wildman–Crippen LogP) is 2.28. The Bertz CT molecular complexity index is 476. The molecule has 0 saturated heterocycles. The van der Waals surface area contributed by atoms with Crippen LogP contribution in [0.5, 0.6) is 0 Å². The van der Waals surface area contributed by atoms with Crippen molar-refractivity contribution in [2.24, 2.45) is 0 Å². The van der Waals surface area contributed by atoms with Crippen LogP contribution >= 0.6 is 0 Å². The monoisotopic (exact) mass is 215 g/mol. The Hall–Kier alpha value is -1.84. The number of tetrazole rings is 1. The molecular weight excluding hydrogens is 200 g/mol. The normalized spacial score (nSPS) is 11.7. The van der Waals surface area contributed by atoms with Crippen LogP contribution in [0.2, 0.25) is 0 Å². The van der Waals surface area contributed by atoms with Gasteiger partial charge in [0.1, 0.15) is 0 Å². The molecule has 0 atom stereocenters. The van der Waals surface area contributed by atoms with Crippen LogP contribution < -0.4 is 0 Å². The minimum atomic E-state index is 0.163. The maximum atomic E-state index is 4.06. The summed E-state index contributed by atoms with van der Waals surface area (Å²) in [6.45, 7) is 6.56. The summed E-state index contributed by atoms with van der Waals surface area (Å²) in [7, 11) is 3.56. The standard InChI is InChI=1S/C12H15N4/c1-12(2,3)10-7-5-9(6-8-10)11-13-15-16(4)14-11/h5-8H,4H2,1-3H3/q-1. The Morgan fingerprint density at radius 1 is 1.12 bits per heavy atom. The van der Waals surface area contributed by atoms with E-state index in [1.807, 2.05) is 12.1 Å². The number of nitrogens with zero attached hydrogens (tertiary/aromatic N) is 4. The molecule has 1 aromatic carbocycles. The van der Waals surface area contributed by atoms with Crippen LogP contribution in [0.25, 0.3) is 11.4 Å². The minimum absolute atomic E-state index is 0.163. The maximum absolute atomic E-state index is 4.06. The van der Waals surface area contributed by atoms with Crippen molar-refractivity contribution in [1.29, 1.82) is 0 Å². The number of hydrogen-bond donors (Lipinski definition) is 0. The lowest BCUT2D eigenvalue weighted by molar-refractivity contribution is 0.590. The third kappa shape index (κ3) is 2.05. The Morgan fingerprint density at radius 3 is 2.19 bits per heavy atom. The smallest absolute Gasteiger partial charge is 0.202 e. The first-order valence-corrected chi connectivity index (χ1v) is 5.18. The lowest BCUT2D eigenvalue weighted by Gasteiger charge is -2.18. The fourth-order valence-corrected chi connectivity index (χ4v) is 1.48. The van der Waals surface area contributed by atoms with Crippen LogP contribution in [0, 0.1) is 7.05 Å². The Labute approximate surface area is 95.3 Å². The molecule has 0 radical (unpaired) electrons. The Kier molecular flexibility index (Phi) is 2.42. The molecule has 0 fully saturated rings. The molecule has 0 unspecified atom stereocenters. The van der Waals surface area contributed by atoms with Gasteiger partial charge in [0.15, 0.2) is 0 Å². The van der Waals surface area contributed by atoms with Crippen LogP contribution in [0.3, 0.4) is 0 Å². The van der Waals surface area contributed by atoms with Crippen LogP contribution in [0.1, 0.15) is 26.3 Å². The highest BCUT2D eigenvalue weighted by molar-refractivity contribution is 5.54. The van der Waals surface area contributed by atoms with Crippen molar-refractivity contribution in [3.63, 3.8) is 0 Å². The molecule has 0 saturated carbocycles. The van der Waals surface area contributed by atoms with Gasteiger partial charge in [0.2, 0.25) is 5.82 Å². The van der Waals surface area contributed by atoms with E-state index >= 15 is 0 Å². The Morgan fingerprint density at radius 2 is 1.75 bits per heavy atom. The maximum Gasteiger partial charge on any atom is 0.202 e. The molecule has 0 N–H and O–H groups in total. The van der Waals surface area contributed by atoms with Crippen molar-refractivity contribution in [3.05, 3.63) is 36.9 Å². The van der Waals surface area contributed by atoms with Crippen molar-refractivity contribution >= 4 is 0 Å². The third-order valence-corrected chi connectivity index (χ3v) is 2.46. The quantitative estimate of drug-likeness (QED) is 0.685. The molecule has 2 rings (SSSR count). The van der Waals surface area contributed by atoms with Gasteiger partial charge in [-0.1, -0.05) is 50.3 Å². The molecule has 0 amide bonds. The zero-order valence-electron chi connectivity index (χ0n) is 9.81. The second-order valence-electron chi connectivity index (χ2n) is 4.81. The van der Waals surface area contributed by atoms with Crippen LogP contribution in [0.15, 0.2) is 24.3 Å². The summed E-state index contributed by atoms with van der Waals surface area (Å²) in [5, 5.41) is 11.7. The fourth-order valence-electron chi connectivity index (χ4n) is 1.48. The van der Waals surface area contributed by atoms with Gasteiger partial charge in [0, 0.05) is 5.56 Å². The first kappa shape index (κ1) is 10.7.